The summed E-state index contributed by atoms with van der Waals surface area (Å²) >= 11 is 0. The molecular formula is C16H19N3O3S. The average molecular weight is 333 g/mol. The van der Waals surface area contributed by atoms with E-state index in [9.17, 15) is 13.2 Å². The van der Waals surface area contributed by atoms with Gasteiger partial charge in [0.05, 0.1) is 10.9 Å². The first-order chi connectivity index (χ1) is 10.8. The summed E-state index contributed by atoms with van der Waals surface area (Å²) in [5.41, 5.74) is 0.844. The van der Waals surface area contributed by atoms with E-state index in [1.165, 1.54) is 4.90 Å². The van der Waals surface area contributed by atoms with Crippen molar-refractivity contribution in [1.82, 2.24) is 9.88 Å². The van der Waals surface area contributed by atoms with Crippen molar-refractivity contribution in [3.63, 3.8) is 0 Å². The molecule has 2 aromatic rings. The third-order valence-corrected chi connectivity index (χ3v) is 4.72. The van der Waals surface area contributed by atoms with Gasteiger partial charge in [-0.1, -0.05) is 18.2 Å². The second-order valence-electron chi connectivity index (χ2n) is 5.27. The number of carbonyl (C=O) groups excluding carboxylic acids is 1. The molecule has 6 nitrogen and oxygen atoms in total. The fraction of sp³-hybridized carbons (Fsp3) is 0.250. The summed E-state index contributed by atoms with van der Waals surface area (Å²) in [5.74, 6) is 0.476. The molecule has 23 heavy (non-hydrogen) atoms. The zero-order valence-corrected chi connectivity index (χ0v) is 14.0. The van der Waals surface area contributed by atoms with E-state index in [1.807, 2.05) is 6.92 Å². The van der Waals surface area contributed by atoms with Crippen molar-refractivity contribution >= 4 is 21.7 Å². The zero-order chi connectivity index (χ0) is 17.0. The van der Waals surface area contributed by atoms with Crippen LogP contribution >= 0.6 is 0 Å². The Bertz CT molecular complexity index is 774. The topological polar surface area (TPSA) is 79.4 Å². The van der Waals surface area contributed by atoms with Gasteiger partial charge in [0.2, 0.25) is 0 Å². The van der Waals surface area contributed by atoms with Gasteiger partial charge in [-0.3, -0.25) is 5.32 Å². The van der Waals surface area contributed by atoms with Crippen LogP contribution in [-0.2, 0) is 9.84 Å². The lowest BCUT2D eigenvalue weighted by Gasteiger charge is -2.25. The van der Waals surface area contributed by atoms with Gasteiger partial charge in [-0.2, -0.15) is 0 Å². The number of carbonyl (C=O) groups is 1. The maximum atomic E-state index is 12.2. The van der Waals surface area contributed by atoms with Gasteiger partial charge in [0.25, 0.3) is 0 Å². The number of amides is 2. The third kappa shape index (κ3) is 4.29. The summed E-state index contributed by atoms with van der Waals surface area (Å²) in [6.45, 7) is 1.87. The molecule has 2 rings (SSSR count). The Morgan fingerprint density at radius 3 is 2.35 bits per heavy atom. The molecule has 0 radical (unpaired) electrons. The summed E-state index contributed by atoms with van der Waals surface area (Å²) < 4.78 is 23.0. The number of pyridine rings is 1. The summed E-state index contributed by atoms with van der Waals surface area (Å²) in [4.78, 5) is 18.1. The number of hydrogen-bond acceptors (Lipinski definition) is 4. The van der Waals surface area contributed by atoms with E-state index in [1.54, 1.807) is 55.7 Å². The average Bonchev–Trinajstić information content (AvgIpc) is 2.53. The molecule has 0 bridgehead atoms. The van der Waals surface area contributed by atoms with E-state index < -0.39 is 9.84 Å². The van der Waals surface area contributed by atoms with Crippen LogP contribution in [-0.4, -0.2) is 37.6 Å². The molecule has 1 aromatic carbocycles. The molecule has 2 amide bonds. The predicted molar refractivity (Wildman–Crippen MR) is 89.0 cm³/mol. The summed E-state index contributed by atoms with van der Waals surface area (Å²) in [6, 6.07) is 11.3. The van der Waals surface area contributed by atoms with Crippen LogP contribution in [0.25, 0.3) is 0 Å². The molecule has 0 aliphatic heterocycles. The normalized spacial score (nSPS) is 12.5. The van der Waals surface area contributed by atoms with Crippen LogP contribution in [0.2, 0.25) is 0 Å². The molecule has 1 N–H and O–H groups in total. The van der Waals surface area contributed by atoms with Gasteiger partial charge in [0, 0.05) is 19.5 Å². The number of aromatic nitrogens is 1. The number of anilines is 1. The van der Waals surface area contributed by atoms with Gasteiger partial charge < -0.3 is 4.90 Å². The van der Waals surface area contributed by atoms with Crippen molar-refractivity contribution in [3.8, 4) is 0 Å². The maximum Gasteiger partial charge on any atom is 0.323 e. The molecule has 0 aliphatic carbocycles. The zero-order valence-electron chi connectivity index (χ0n) is 13.2. The van der Waals surface area contributed by atoms with Gasteiger partial charge in [0.1, 0.15) is 5.82 Å². The van der Waals surface area contributed by atoms with Crippen molar-refractivity contribution < 1.29 is 13.2 Å². The van der Waals surface area contributed by atoms with Crippen LogP contribution in [0.4, 0.5) is 10.6 Å². The minimum absolute atomic E-state index is 0.215. The Balaban J connectivity index is 2.09. The monoisotopic (exact) mass is 333 g/mol. The number of nitrogens with zero attached hydrogens (tertiary/aromatic N) is 2. The Labute approximate surface area is 136 Å². The molecule has 1 atom stereocenters. The van der Waals surface area contributed by atoms with Crippen LogP contribution in [0, 0.1) is 0 Å². The van der Waals surface area contributed by atoms with Crippen molar-refractivity contribution in [1.29, 1.82) is 0 Å². The highest BCUT2D eigenvalue weighted by atomic mass is 32.2. The Morgan fingerprint density at radius 1 is 1.17 bits per heavy atom. The second-order valence-corrected chi connectivity index (χ2v) is 7.29. The lowest BCUT2D eigenvalue weighted by atomic mass is 10.1. The first-order valence-electron chi connectivity index (χ1n) is 7.04. The smallest absolute Gasteiger partial charge is 0.321 e. The van der Waals surface area contributed by atoms with E-state index in [4.69, 9.17) is 0 Å². The molecule has 0 saturated carbocycles. The highest BCUT2D eigenvalue weighted by molar-refractivity contribution is 7.90. The van der Waals surface area contributed by atoms with Crippen LogP contribution in [0.3, 0.4) is 0 Å². The van der Waals surface area contributed by atoms with Crippen molar-refractivity contribution in [3.05, 3.63) is 54.2 Å². The maximum absolute atomic E-state index is 12.2. The van der Waals surface area contributed by atoms with E-state index in [0.29, 0.717) is 5.82 Å². The fourth-order valence-electron chi connectivity index (χ4n) is 2.03. The van der Waals surface area contributed by atoms with Crippen LogP contribution in [0.1, 0.15) is 18.5 Å². The number of hydrogen-bond donors (Lipinski definition) is 1. The van der Waals surface area contributed by atoms with Crippen molar-refractivity contribution in [2.75, 3.05) is 18.6 Å². The minimum atomic E-state index is -3.22. The lowest BCUT2D eigenvalue weighted by molar-refractivity contribution is 0.208. The largest absolute Gasteiger partial charge is 0.323 e. The van der Waals surface area contributed by atoms with Crippen LogP contribution < -0.4 is 5.32 Å². The first-order valence-corrected chi connectivity index (χ1v) is 8.93. The van der Waals surface area contributed by atoms with Gasteiger partial charge in [-0.15, -0.1) is 0 Å². The van der Waals surface area contributed by atoms with Crippen molar-refractivity contribution in [2.45, 2.75) is 17.9 Å². The highest BCUT2D eigenvalue weighted by Crippen LogP contribution is 2.21. The van der Waals surface area contributed by atoms with Crippen molar-refractivity contribution in [2.24, 2.45) is 0 Å². The van der Waals surface area contributed by atoms with Gasteiger partial charge in [-0.25, -0.2) is 18.2 Å². The summed E-state index contributed by atoms with van der Waals surface area (Å²) in [5, 5.41) is 2.71. The molecular weight excluding hydrogens is 314 g/mol. The van der Waals surface area contributed by atoms with E-state index in [-0.39, 0.29) is 17.0 Å². The summed E-state index contributed by atoms with van der Waals surface area (Å²) in [6.07, 6.45) is 2.76. The molecule has 1 heterocycles. The number of rotatable bonds is 4. The van der Waals surface area contributed by atoms with Crippen LogP contribution in [0.5, 0.6) is 0 Å². The number of nitrogens with one attached hydrogen (secondary N) is 1. The first kappa shape index (κ1) is 17.0. The predicted octanol–water partition coefficient (Wildman–Crippen LogP) is 2.71. The second kappa shape index (κ2) is 6.78. The van der Waals surface area contributed by atoms with Crippen LogP contribution in [0.15, 0.2) is 53.6 Å². The Kier molecular flexibility index (Phi) is 5.00. The Hall–Kier alpha value is -2.41. The minimum Gasteiger partial charge on any atom is -0.321 e. The third-order valence-electron chi connectivity index (χ3n) is 3.59. The number of benzene rings is 1. The molecule has 0 fully saturated rings. The molecule has 0 saturated heterocycles. The molecule has 0 spiro atoms. The molecule has 0 aliphatic rings. The fourth-order valence-corrected chi connectivity index (χ4v) is 2.66. The van der Waals surface area contributed by atoms with Gasteiger partial charge in [0.15, 0.2) is 9.84 Å². The van der Waals surface area contributed by atoms with E-state index in [2.05, 4.69) is 10.3 Å². The van der Waals surface area contributed by atoms with E-state index >= 15 is 0 Å². The Morgan fingerprint density at radius 2 is 1.83 bits per heavy atom. The highest BCUT2D eigenvalue weighted by Gasteiger charge is 2.18. The number of urea groups is 1. The SMILES string of the molecule is C[C@H](c1ccc(S(C)(=O)=O)cc1)N(C)C(=O)Nc1ccccn1. The van der Waals surface area contributed by atoms with E-state index in [0.717, 1.165) is 11.8 Å². The molecule has 0 unspecified atom stereocenters. The summed E-state index contributed by atoms with van der Waals surface area (Å²) in [7, 11) is -1.55. The molecule has 1 aromatic heterocycles. The van der Waals surface area contributed by atoms with Gasteiger partial charge in [-0.05, 0) is 36.8 Å². The standard InChI is InChI=1S/C16H19N3O3S/c1-12(13-7-9-14(10-8-13)23(3,21)22)19(2)16(20)18-15-6-4-5-11-17-15/h4-12H,1-3H3,(H,17,18,20)/t12-/m1/s1. The molecule has 7 heteroatoms. The van der Waals surface area contributed by atoms with Gasteiger partial charge >= 0.3 is 6.03 Å². The quantitative estimate of drug-likeness (QED) is 0.933. The number of sulfone groups is 1. The lowest BCUT2D eigenvalue weighted by Crippen LogP contribution is -2.33. The molecule has 122 valence electrons.